The van der Waals surface area contributed by atoms with Crippen LogP contribution >= 0.6 is 11.8 Å². The minimum Gasteiger partial charge on any atom is -0.207 e. The van der Waals surface area contributed by atoms with Crippen molar-refractivity contribution in [1.29, 1.82) is 0 Å². The molecule has 0 aliphatic heterocycles. The zero-order valence-corrected chi connectivity index (χ0v) is 6.63. The van der Waals surface area contributed by atoms with Gasteiger partial charge in [-0.1, -0.05) is 0 Å². The summed E-state index contributed by atoms with van der Waals surface area (Å²) in [6, 6.07) is 3.39. The van der Waals surface area contributed by atoms with Crippen molar-refractivity contribution < 1.29 is 8.78 Å². The largest absolute Gasteiger partial charge is 0.207 e. The molecule has 0 aliphatic carbocycles. The van der Waals surface area contributed by atoms with Crippen LogP contribution in [0.3, 0.4) is 0 Å². The van der Waals surface area contributed by atoms with E-state index in [4.69, 9.17) is 0 Å². The van der Waals surface area contributed by atoms with Gasteiger partial charge in [0.05, 0.1) is 0 Å². The van der Waals surface area contributed by atoms with Crippen molar-refractivity contribution in [3.8, 4) is 0 Å². The molecule has 0 nitrogen and oxygen atoms in total. The quantitative estimate of drug-likeness (QED) is 0.620. The predicted molar refractivity (Wildman–Crippen MR) is 42.4 cm³/mol. The fraction of sp³-hybridized carbons (Fsp3) is 0.125. The van der Waals surface area contributed by atoms with Crippen LogP contribution in [0.15, 0.2) is 23.1 Å². The number of thioether (sulfide) groups is 1. The summed E-state index contributed by atoms with van der Waals surface area (Å²) < 4.78 is 25.2. The van der Waals surface area contributed by atoms with Gasteiger partial charge in [0.2, 0.25) is 0 Å². The number of benzene rings is 1. The van der Waals surface area contributed by atoms with Crippen LogP contribution in [0.4, 0.5) is 8.78 Å². The summed E-state index contributed by atoms with van der Waals surface area (Å²) in [4.78, 5) is 0.319. The molecule has 0 bridgehead atoms. The van der Waals surface area contributed by atoms with E-state index in [9.17, 15) is 8.78 Å². The van der Waals surface area contributed by atoms with E-state index in [0.717, 1.165) is 12.1 Å². The van der Waals surface area contributed by atoms with Crippen molar-refractivity contribution in [1.82, 2.24) is 0 Å². The van der Waals surface area contributed by atoms with E-state index < -0.39 is 5.82 Å². The summed E-state index contributed by atoms with van der Waals surface area (Å²) in [7, 11) is 0. The number of halogens is 2. The molecule has 59 valence electrons. The van der Waals surface area contributed by atoms with Gasteiger partial charge in [0.1, 0.15) is 11.6 Å². The second-order valence-corrected chi connectivity index (χ2v) is 3.06. The van der Waals surface area contributed by atoms with Gasteiger partial charge in [0, 0.05) is 4.90 Å². The Morgan fingerprint density at radius 2 is 2.09 bits per heavy atom. The van der Waals surface area contributed by atoms with Crippen molar-refractivity contribution in [3.63, 3.8) is 0 Å². The highest BCUT2D eigenvalue weighted by molar-refractivity contribution is 7.99. The van der Waals surface area contributed by atoms with Crippen LogP contribution < -0.4 is 0 Å². The second-order valence-electron chi connectivity index (χ2n) is 1.92. The Hall–Kier alpha value is -0.570. The molecule has 1 aromatic rings. The summed E-state index contributed by atoms with van der Waals surface area (Å²) in [5.74, 6) is -0.303. The van der Waals surface area contributed by atoms with Crippen LogP contribution in [-0.2, 0) is 0 Å². The van der Waals surface area contributed by atoms with Gasteiger partial charge in [-0.25, -0.2) is 8.78 Å². The molecule has 0 saturated carbocycles. The number of hydrogen-bond acceptors (Lipinski definition) is 1. The first kappa shape index (κ1) is 8.53. The molecule has 0 spiro atoms. The van der Waals surface area contributed by atoms with E-state index in [1.807, 2.05) is 0 Å². The van der Waals surface area contributed by atoms with E-state index >= 15 is 0 Å². The normalized spacial score (nSPS) is 10.1. The molecule has 0 aromatic heterocycles. The molecule has 1 radical (unpaired) electrons. The zero-order chi connectivity index (χ0) is 8.27. The highest BCUT2D eigenvalue weighted by Gasteiger charge is 2.01. The summed E-state index contributed by atoms with van der Waals surface area (Å²) in [6.07, 6.45) is 0. The molecule has 3 heteroatoms. The molecule has 11 heavy (non-hydrogen) atoms. The van der Waals surface area contributed by atoms with Gasteiger partial charge >= 0.3 is 0 Å². The Balaban J connectivity index is 2.93. The highest BCUT2D eigenvalue weighted by Crippen LogP contribution is 2.21. The van der Waals surface area contributed by atoms with Crippen molar-refractivity contribution in [2.75, 3.05) is 5.75 Å². The molecule has 0 aliphatic rings. The number of rotatable bonds is 2. The summed E-state index contributed by atoms with van der Waals surface area (Å²) in [6.45, 7) is 3.53. The standard InChI is InChI=1S/C8H7F2S/c1-2-11-8-5-6(9)3-4-7(8)10/h3-5H,1-2H2. The Morgan fingerprint density at radius 1 is 1.36 bits per heavy atom. The summed E-state index contributed by atoms with van der Waals surface area (Å²) >= 11 is 1.19. The van der Waals surface area contributed by atoms with Crippen LogP contribution in [0.2, 0.25) is 0 Å². The molecule has 0 fully saturated rings. The SMILES string of the molecule is [CH2]CSc1cc(F)ccc1F. The molecule has 1 rings (SSSR count). The average Bonchev–Trinajstić information content (AvgIpc) is 1.98. The molecule has 0 unspecified atom stereocenters. The monoisotopic (exact) mass is 173 g/mol. The maximum absolute atomic E-state index is 12.7. The fourth-order valence-electron chi connectivity index (χ4n) is 0.698. The molecule has 0 amide bonds. The summed E-state index contributed by atoms with van der Waals surface area (Å²) in [5.41, 5.74) is 0. The molecular formula is C8H7F2S. The van der Waals surface area contributed by atoms with E-state index in [2.05, 4.69) is 6.92 Å². The van der Waals surface area contributed by atoms with Crippen LogP contribution in [-0.4, -0.2) is 5.75 Å². The van der Waals surface area contributed by atoms with Crippen LogP contribution in [0, 0.1) is 18.6 Å². The minimum absolute atomic E-state index is 0.319. The van der Waals surface area contributed by atoms with Crippen LogP contribution in [0.25, 0.3) is 0 Å². The average molecular weight is 173 g/mol. The topological polar surface area (TPSA) is 0 Å². The molecule has 0 N–H and O–H groups in total. The Kier molecular flexibility index (Phi) is 2.88. The maximum atomic E-state index is 12.7. The van der Waals surface area contributed by atoms with Crippen molar-refractivity contribution >= 4 is 11.8 Å². The van der Waals surface area contributed by atoms with E-state index in [1.54, 1.807) is 0 Å². The first-order valence-electron chi connectivity index (χ1n) is 3.11. The van der Waals surface area contributed by atoms with Gasteiger partial charge in [0.15, 0.2) is 0 Å². The molecule has 1 aromatic carbocycles. The Bertz CT molecular complexity index is 248. The highest BCUT2D eigenvalue weighted by atomic mass is 32.2. The van der Waals surface area contributed by atoms with Crippen molar-refractivity contribution in [3.05, 3.63) is 36.8 Å². The maximum Gasteiger partial charge on any atom is 0.136 e. The van der Waals surface area contributed by atoms with Gasteiger partial charge in [-0.3, -0.25) is 0 Å². The van der Waals surface area contributed by atoms with Crippen molar-refractivity contribution in [2.45, 2.75) is 4.90 Å². The third kappa shape index (κ3) is 2.19. The Labute approximate surface area is 68.6 Å². The van der Waals surface area contributed by atoms with Gasteiger partial charge in [-0.15, -0.1) is 11.8 Å². The lowest BCUT2D eigenvalue weighted by Crippen LogP contribution is -1.83. The second kappa shape index (κ2) is 3.72. The zero-order valence-electron chi connectivity index (χ0n) is 5.81. The van der Waals surface area contributed by atoms with E-state index in [-0.39, 0.29) is 5.82 Å². The van der Waals surface area contributed by atoms with Gasteiger partial charge < -0.3 is 0 Å². The van der Waals surface area contributed by atoms with Gasteiger partial charge in [0.25, 0.3) is 0 Å². The lowest BCUT2D eigenvalue weighted by molar-refractivity contribution is 0.577. The molecule has 0 saturated heterocycles. The predicted octanol–water partition coefficient (Wildman–Crippen LogP) is 2.89. The Morgan fingerprint density at radius 3 is 2.73 bits per heavy atom. The third-order valence-corrected chi connectivity index (χ3v) is 1.98. The summed E-state index contributed by atoms with van der Waals surface area (Å²) in [5, 5.41) is 0. The van der Waals surface area contributed by atoms with Crippen LogP contribution in [0.5, 0.6) is 0 Å². The lowest BCUT2D eigenvalue weighted by atomic mass is 10.3. The molecule has 0 atom stereocenters. The smallest absolute Gasteiger partial charge is 0.136 e. The van der Waals surface area contributed by atoms with E-state index in [0.29, 0.717) is 10.6 Å². The first-order chi connectivity index (χ1) is 5.24. The van der Waals surface area contributed by atoms with Gasteiger partial charge in [-0.2, -0.15) is 0 Å². The third-order valence-electron chi connectivity index (χ3n) is 1.15. The molecular weight excluding hydrogens is 166 g/mol. The van der Waals surface area contributed by atoms with Crippen molar-refractivity contribution in [2.24, 2.45) is 0 Å². The lowest BCUT2D eigenvalue weighted by Gasteiger charge is -1.99. The molecule has 0 heterocycles. The van der Waals surface area contributed by atoms with Gasteiger partial charge in [-0.05, 0) is 30.9 Å². The van der Waals surface area contributed by atoms with E-state index in [1.165, 1.54) is 17.8 Å². The first-order valence-corrected chi connectivity index (χ1v) is 4.09. The minimum atomic E-state index is -0.414. The number of hydrogen-bond donors (Lipinski definition) is 0. The van der Waals surface area contributed by atoms with Crippen LogP contribution in [0.1, 0.15) is 0 Å². The fourth-order valence-corrected chi connectivity index (χ4v) is 1.32.